The maximum atomic E-state index is 10.0. The van der Waals surface area contributed by atoms with E-state index in [0.717, 1.165) is 0 Å². The summed E-state index contributed by atoms with van der Waals surface area (Å²) < 4.78 is 19.0. The van der Waals surface area contributed by atoms with Gasteiger partial charge in [0.2, 0.25) is 0 Å². The molecule has 0 aromatic rings. The zero-order valence-electron chi connectivity index (χ0n) is 7.65. The topological polar surface area (TPSA) is 80.0 Å². The third-order valence-electron chi connectivity index (χ3n) is 1.09. The van der Waals surface area contributed by atoms with E-state index < -0.39 is 6.09 Å². The lowest BCUT2D eigenvalue weighted by Crippen LogP contribution is -2.16. The zero-order chi connectivity index (χ0) is 9.94. The molecule has 2 N–H and O–H groups in total. The van der Waals surface area contributed by atoms with E-state index >= 15 is 0 Å². The van der Waals surface area contributed by atoms with Gasteiger partial charge in [-0.15, -0.1) is 0 Å². The number of ether oxygens (including phenoxy) is 4. The van der Waals surface area contributed by atoms with Gasteiger partial charge in [-0.05, 0) is 0 Å². The van der Waals surface area contributed by atoms with Crippen molar-refractivity contribution in [1.82, 2.24) is 0 Å². The van der Waals surface area contributed by atoms with E-state index in [4.69, 9.17) is 14.2 Å². The standard InChI is InChI=1S/C7H15NO5/c1-10-2-3-11-4-5-12-6-13-7(8)9/h2-6H2,1H3,(H2,8,9). The molecule has 0 saturated heterocycles. The van der Waals surface area contributed by atoms with Gasteiger partial charge in [0.15, 0.2) is 6.79 Å². The summed E-state index contributed by atoms with van der Waals surface area (Å²) in [6.45, 7) is 1.74. The molecule has 0 rings (SSSR count). The Morgan fingerprint density at radius 3 is 2.38 bits per heavy atom. The smallest absolute Gasteiger partial charge is 0.406 e. The summed E-state index contributed by atoms with van der Waals surface area (Å²) in [5.41, 5.74) is 4.68. The van der Waals surface area contributed by atoms with E-state index in [1.54, 1.807) is 7.11 Å². The van der Waals surface area contributed by atoms with E-state index in [1.807, 2.05) is 0 Å². The molecule has 0 aromatic heterocycles. The second-order valence-corrected chi connectivity index (χ2v) is 2.09. The van der Waals surface area contributed by atoms with Crippen LogP contribution in [0.4, 0.5) is 4.79 Å². The number of methoxy groups -OCH3 is 1. The maximum absolute atomic E-state index is 10.0. The highest BCUT2D eigenvalue weighted by atomic mass is 16.7. The largest absolute Gasteiger partial charge is 0.422 e. The second-order valence-electron chi connectivity index (χ2n) is 2.09. The lowest BCUT2D eigenvalue weighted by Gasteiger charge is -2.04. The molecule has 6 nitrogen and oxygen atoms in total. The highest BCUT2D eigenvalue weighted by molar-refractivity contribution is 5.64. The number of carbonyl (C=O) groups excluding carboxylic acids is 1. The van der Waals surface area contributed by atoms with Crippen LogP contribution in [0.25, 0.3) is 0 Å². The second kappa shape index (κ2) is 9.24. The first-order valence-electron chi connectivity index (χ1n) is 3.84. The molecule has 0 spiro atoms. The van der Waals surface area contributed by atoms with Crippen LogP contribution in [-0.4, -0.2) is 46.4 Å². The number of rotatable bonds is 8. The van der Waals surface area contributed by atoms with Crippen LogP contribution in [0.3, 0.4) is 0 Å². The predicted octanol–water partition coefficient (Wildman–Crippen LogP) is -0.281. The van der Waals surface area contributed by atoms with Crippen molar-refractivity contribution in [2.45, 2.75) is 0 Å². The van der Waals surface area contributed by atoms with E-state index in [1.165, 1.54) is 0 Å². The zero-order valence-corrected chi connectivity index (χ0v) is 7.65. The van der Waals surface area contributed by atoms with Crippen molar-refractivity contribution < 1.29 is 23.7 Å². The molecule has 1 amide bonds. The van der Waals surface area contributed by atoms with Crippen LogP contribution in [0.5, 0.6) is 0 Å². The van der Waals surface area contributed by atoms with E-state index in [2.05, 4.69) is 10.5 Å². The fourth-order valence-corrected chi connectivity index (χ4v) is 0.521. The van der Waals surface area contributed by atoms with Gasteiger partial charge in [0, 0.05) is 7.11 Å². The molecule has 6 heteroatoms. The van der Waals surface area contributed by atoms with Gasteiger partial charge in [-0.3, -0.25) is 0 Å². The molecule has 0 aliphatic carbocycles. The summed E-state index contributed by atoms with van der Waals surface area (Å²) >= 11 is 0. The van der Waals surface area contributed by atoms with Gasteiger partial charge in [0.1, 0.15) is 0 Å². The van der Waals surface area contributed by atoms with Gasteiger partial charge in [-0.1, -0.05) is 0 Å². The van der Waals surface area contributed by atoms with Crippen molar-refractivity contribution in [2.24, 2.45) is 5.73 Å². The molecule has 0 aliphatic rings. The molecule has 0 radical (unpaired) electrons. The van der Waals surface area contributed by atoms with Gasteiger partial charge < -0.3 is 24.7 Å². The lowest BCUT2D eigenvalue weighted by molar-refractivity contribution is -0.0396. The molecule has 0 heterocycles. The van der Waals surface area contributed by atoms with Crippen LogP contribution >= 0.6 is 0 Å². The van der Waals surface area contributed by atoms with Crippen molar-refractivity contribution in [1.29, 1.82) is 0 Å². The molecule has 0 bridgehead atoms. The maximum Gasteiger partial charge on any atom is 0.406 e. The van der Waals surface area contributed by atoms with Crippen LogP contribution in [0.1, 0.15) is 0 Å². The fourth-order valence-electron chi connectivity index (χ4n) is 0.521. The highest BCUT2D eigenvalue weighted by Gasteiger charge is 1.92. The number of nitrogens with two attached hydrogens (primary N) is 1. The van der Waals surface area contributed by atoms with Crippen molar-refractivity contribution in [2.75, 3.05) is 40.3 Å². The fraction of sp³-hybridized carbons (Fsp3) is 0.857. The summed E-state index contributed by atoms with van der Waals surface area (Å²) in [6, 6.07) is 0. The average Bonchev–Trinajstić information content (AvgIpc) is 2.09. The Hall–Kier alpha value is -0.850. The molecule has 78 valence electrons. The van der Waals surface area contributed by atoms with Crippen molar-refractivity contribution in [3.8, 4) is 0 Å². The Balaban J connectivity index is 2.87. The number of amides is 1. The number of hydrogen-bond donors (Lipinski definition) is 1. The third kappa shape index (κ3) is 11.1. The van der Waals surface area contributed by atoms with Gasteiger partial charge in [-0.25, -0.2) is 4.79 Å². The third-order valence-corrected chi connectivity index (χ3v) is 1.09. The van der Waals surface area contributed by atoms with Crippen molar-refractivity contribution >= 4 is 6.09 Å². The molecule has 0 aromatic carbocycles. The van der Waals surface area contributed by atoms with Crippen LogP contribution in [-0.2, 0) is 18.9 Å². The summed E-state index contributed by atoms with van der Waals surface area (Å²) in [5, 5.41) is 0. The Morgan fingerprint density at radius 2 is 1.77 bits per heavy atom. The SMILES string of the molecule is COCCOCCOCOC(N)=O. The quantitative estimate of drug-likeness (QED) is 0.423. The van der Waals surface area contributed by atoms with Crippen LogP contribution in [0, 0.1) is 0 Å². The summed E-state index contributed by atoms with van der Waals surface area (Å²) in [4.78, 5) is 10.0. The van der Waals surface area contributed by atoms with E-state index in [-0.39, 0.29) is 6.79 Å². The number of carbonyl (C=O) groups is 1. The summed E-state index contributed by atoms with van der Waals surface area (Å²) in [5.74, 6) is 0. The van der Waals surface area contributed by atoms with Gasteiger partial charge in [0.25, 0.3) is 0 Å². The first kappa shape index (κ1) is 12.2. The minimum Gasteiger partial charge on any atom is -0.422 e. The van der Waals surface area contributed by atoms with Gasteiger partial charge in [0.05, 0.1) is 26.4 Å². The molecular formula is C7H15NO5. The molecule has 0 aliphatic heterocycles. The summed E-state index contributed by atoms with van der Waals surface area (Å²) in [7, 11) is 1.60. The van der Waals surface area contributed by atoms with E-state index in [0.29, 0.717) is 26.4 Å². The molecule has 0 fully saturated rings. The molecule has 0 atom stereocenters. The monoisotopic (exact) mass is 193 g/mol. The lowest BCUT2D eigenvalue weighted by atomic mass is 10.7. The highest BCUT2D eigenvalue weighted by Crippen LogP contribution is 1.81. The van der Waals surface area contributed by atoms with Crippen LogP contribution < -0.4 is 5.73 Å². The summed E-state index contributed by atoms with van der Waals surface area (Å²) in [6.07, 6.45) is -0.847. The normalized spacial score (nSPS) is 9.92. The van der Waals surface area contributed by atoms with Crippen LogP contribution in [0.2, 0.25) is 0 Å². The first-order valence-corrected chi connectivity index (χ1v) is 3.84. The van der Waals surface area contributed by atoms with Crippen molar-refractivity contribution in [3.05, 3.63) is 0 Å². The molecular weight excluding hydrogens is 178 g/mol. The minimum atomic E-state index is -0.847. The molecule has 0 unspecified atom stereocenters. The van der Waals surface area contributed by atoms with Crippen LogP contribution in [0.15, 0.2) is 0 Å². The number of hydrogen-bond acceptors (Lipinski definition) is 5. The van der Waals surface area contributed by atoms with Gasteiger partial charge >= 0.3 is 6.09 Å². The Kier molecular flexibility index (Phi) is 8.64. The first-order chi connectivity index (χ1) is 6.27. The Labute approximate surface area is 76.9 Å². The average molecular weight is 193 g/mol. The predicted molar refractivity (Wildman–Crippen MR) is 44.2 cm³/mol. The van der Waals surface area contributed by atoms with E-state index in [9.17, 15) is 4.79 Å². The Morgan fingerprint density at radius 1 is 1.15 bits per heavy atom. The Bertz CT molecular complexity index is 130. The minimum absolute atomic E-state index is 0.136. The molecule has 13 heavy (non-hydrogen) atoms. The number of primary amides is 1. The van der Waals surface area contributed by atoms with Gasteiger partial charge in [-0.2, -0.15) is 0 Å². The van der Waals surface area contributed by atoms with Crippen molar-refractivity contribution in [3.63, 3.8) is 0 Å². The molecule has 0 saturated carbocycles.